The van der Waals surface area contributed by atoms with Gasteiger partial charge in [0, 0.05) is 15.5 Å². The Morgan fingerprint density at radius 2 is 1.56 bits per heavy atom. The first-order chi connectivity index (χ1) is 12.0. The lowest BCUT2D eigenvalue weighted by Crippen LogP contribution is -2.13. The van der Waals surface area contributed by atoms with Gasteiger partial charge in [-0.1, -0.05) is 30.0 Å². The Bertz CT molecular complexity index is 906. The van der Waals surface area contributed by atoms with Crippen LogP contribution in [0.15, 0.2) is 76.5 Å². The van der Waals surface area contributed by atoms with E-state index in [0.29, 0.717) is 5.69 Å². The molecule has 0 aliphatic carbocycles. The predicted molar refractivity (Wildman–Crippen MR) is 101 cm³/mol. The summed E-state index contributed by atoms with van der Waals surface area (Å²) in [6.45, 7) is 4.19. The van der Waals surface area contributed by atoms with Gasteiger partial charge in [-0.2, -0.15) is 0 Å². The van der Waals surface area contributed by atoms with Crippen LogP contribution in [0, 0.1) is 19.7 Å². The second-order valence-corrected chi connectivity index (χ2v) is 6.95. The smallest absolute Gasteiger partial charge is 0.258 e. The van der Waals surface area contributed by atoms with Gasteiger partial charge in [0.1, 0.15) is 5.82 Å². The second-order valence-electron chi connectivity index (χ2n) is 5.81. The Kier molecular flexibility index (Phi) is 5.19. The number of halogens is 1. The molecular weight excluding hydrogens is 333 g/mol. The average molecular weight is 351 g/mol. The number of carbonyl (C=O) groups excluding carboxylic acids is 1. The lowest BCUT2D eigenvalue weighted by molar-refractivity contribution is 0.102. The summed E-state index contributed by atoms with van der Waals surface area (Å²) in [5, 5.41) is 2.72. The van der Waals surface area contributed by atoms with Gasteiger partial charge in [-0.3, -0.25) is 4.79 Å². The van der Waals surface area contributed by atoms with Crippen molar-refractivity contribution in [2.45, 2.75) is 23.6 Å². The SMILES string of the molecule is Cc1ccc(Sc2ccc(NC(=O)c3ccccc3F)cc2)cc1C. The maximum absolute atomic E-state index is 13.6. The summed E-state index contributed by atoms with van der Waals surface area (Å²) in [6.07, 6.45) is 0. The van der Waals surface area contributed by atoms with Gasteiger partial charge in [0.15, 0.2) is 0 Å². The van der Waals surface area contributed by atoms with Crippen molar-refractivity contribution in [3.05, 3.63) is 89.2 Å². The number of amides is 1. The molecule has 0 aliphatic heterocycles. The first-order valence-corrected chi connectivity index (χ1v) is 8.75. The van der Waals surface area contributed by atoms with Gasteiger partial charge in [0.2, 0.25) is 0 Å². The van der Waals surface area contributed by atoms with Gasteiger partial charge in [0.05, 0.1) is 5.56 Å². The molecule has 0 bridgehead atoms. The lowest BCUT2D eigenvalue weighted by atomic mass is 10.1. The van der Waals surface area contributed by atoms with Gasteiger partial charge >= 0.3 is 0 Å². The van der Waals surface area contributed by atoms with Crippen LogP contribution in [0.4, 0.5) is 10.1 Å². The molecule has 0 saturated carbocycles. The Labute approximate surface area is 151 Å². The molecular formula is C21H18FNOS. The van der Waals surface area contributed by atoms with E-state index in [1.54, 1.807) is 23.9 Å². The fourth-order valence-corrected chi connectivity index (χ4v) is 3.28. The number of benzene rings is 3. The van der Waals surface area contributed by atoms with Crippen LogP contribution < -0.4 is 5.32 Å². The van der Waals surface area contributed by atoms with Gasteiger partial charge in [-0.05, 0) is 73.5 Å². The number of hydrogen-bond acceptors (Lipinski definition) is 2. The molecule has 25 heavy (non-hydrogen) atoms. The lowest BCUT2D eigenvalue weighted by Gasteiger charge is -2.08. The van der Waals surface area contributed by atoms with Crippen LogP contribution in [0.1, 0.15) is 21.5 Å². The molecule has 0 radical (unpaired) electrons. The summed E-state index contributed by atoms with van der Waals surface area (Å²) >= 11 is 1.66. The predicted octanol–water partition coefficient (Wildman–Crippen LogP) is 5.85. The van der Waals surface area contributed by atoms with Crippen molar-refractivity contribution in [1.29, 1.82) is 0 Å². The zero-order valence-corrected chi connectivity index (χ0v) is 14.9. The van der Waals surface area contributed by atoms with E-state index < -0.39 is 11.7 Å². The maximum Gasteiger partial charge on any atom is 0.258 e. The highest BCUT2D eigenvalue weighted by atomic mass is 32.2. The van der Waals surface area contributed by atoms with Crippen molar-refractivity contribution in [1.82, 2.24) is 0 Å². The molecule has 0 fully saturated rings. The van der Waals surface area contributed by atoms with E-state index in [9.17, 15) is 9.18 Å². The van der Waals surface area contributed by atoms with Crippen molar-refractivity contribution in [2.24, 2.45) is 0 Å². The third-order valence-electron chi connectivity index (χ3n) is 3.94. The molecule has 0 unspecified atom stereocenters. The number of anilines is 1. The standard InChI is InChI=1S/C21H18FNOS/c1-14-7-10-18(13-15(14)2)25-17-11-8-16(9-12-17)23-21(24)19-5-3-4-6-20(19)22/h3-13H,1-2H3,(H,23,24). The molecule has 3 aromatic rings. The van der Waals surface area contributed by atoms with Crippen molar-refractivity contribution >= 4 is 23.4 Å². The van der Waals surface area contributed by atoms with Crippen LogP contribution in [0.25, 0.3) is 0 Å². The first kappa shape index (κ1) is 17.2. The van der Waals surface area contributed by atoms with Crippen LogP contribution in [0.2, 0.25) is 0 Å². The largest absolute Gasteiger partial charge is 0.322 e. The Hall–Kier alpha value is -2.59. The van der Waals surface area contributed by atoms with Crippen LogP contribution in [-0.4, -0.2) is 5.91 Å². The molecule has 3 aromatic carbocycles. The van der Waals surface area contributed by atoms with Crippen molar-refractivity contribution in [2.75, 3.05) is 5.32 Å². The molecule has 0 heterocycles. The fraction of sp³-hybridized carbons (Fsp3) is 0.0952. The van der Waals surface area contributed by atoms with E-state index in [2.05, 4.69) is 37.4 Å². The average Bonchev–Trinajstić information content (AvgIpc) is 2.60. The minimum absolute atomic E-state index is 0.0380. The molecule has 0 atom stereocenters. The molecule has 1 amide bonds. The summed E-state index contributed by atoms with van der Waals surface area (Å²) in [6, 6.07) is 19.8. The van der Waals surface area contributed by atoms with Crippen LogP contribution >= 0.6 is 11.8 Å². The summed E-state index contributed by atoms with van der Waals surface area (Å²) in [4.78, 5) is 14.4. The third kappa shape index (κ3) is 4.28. The normalized spacial score (nSPS) is 10.5. The number of nitrogens with one attached hydrogen (secondary N) is 1. The number of rotatable bonds is 4. The summed E-state index contributed by atoms with van der Waals surface area (Å²) in [5.41, 5.74) is 3.21. The molecule has 0 saturated heterocycles. The minimum Gasteiger partial charge on any atom is -0.322 e. The number of hydrogen-bond donors (Lipinski definition) is 1. The quantitative estimate of drug-likeness (QED) is 0.639. The van der Waals surface area contributed by atoms with Gasteiger partial charge < -0.3 is 5.32 Å². The van der Waals surface area contributed by atoms with Gasteiger partial charge in [-0.25, -0.2) is 4.39 Å². The highest BCUT2D eigenvalue weighted by Gasteiger charge is 2.10. The Balaban J connectivity index is 1.69. The topological polar surface area (TPSA) is 29.1 Å². The Morgan fingerprint density at radius 3 is 2.24 bits per heavy atom. The highest BCUT2D eigenvalue weighted by Crippen LogP contribution is 2.30. The second kappa shape index (κ2) is 7.53. The summed E-state index contributed by atoms with van der Waals surface area (Å²) in [7, 11) is 0. The zero-order valence-electron chi connectivity index (χ0n) is 14.0. The highest BCUT2D eigenvalue weighted by molar-refractivity contribution is 7.99. The Morgan fingerprint density at radius 1 is 0.880 bits per heavy atom. The first-order valence-electron chi connectivity index (χ1n) is 7.94. The number of carbonyl (C=O) groups is 1. The summed E-state index contributed by atoms with van der Waals surface area (Å²) in [5.74, 6) is -0.977. The monoisotopic (exact) mass is 351 g/mol. The van der Waals surface area contributed by atoms with Crippen molar-refractivity contribution in [3.8, 4) is 0 Å². The van der Waals surface area contributed by atoms with Crippen LogP contribution in [-0.2, 0) is 0 Å². The van der Waals surface area contributed by atoms with Gasteiger partial charge in [0.25, 0.3) is 5.91 Å². The zero-order chi connectivity index (χ0) is 17.8. The molecule has 126 valence electrons. The maximum atomic E-state index is 13.6. The van der Waals surface area contributed by atoms with E-state index in [1.165, 1.54) is 28.2 Å². The van der Waals surface area contributed by atoms with Crippen molar-refractivity contribution in [3.63, 3.8) is 0 Å². The van der Waals surface area contributed by atoms with Crippen molar-refractivity contribution < 1.29 is 9.18 Å². The fourth-order valence-electron chi connectivity index (χ4n) is 2.36. The van der Waals surface area contributed by atoms with Gasteiger partial charge in [-0.15, -0.1) is 0 Å². The number of aryl methyl sites for hydroxylation is 2. The van der Waals surface area contributed by atoms with E-state index in [0.717, 1.165) is 4.90 Å². The molecule has 0 aromatic heterocycles. The summed E-state index contributed by atoms with van der Waals surface area (Å²) < 4.78 is 13.6. The molecule has 2 nitrogen and oxygen atoms in total. The van der Waals surface area contributed by atoms with E-state index in [-0.39, 0.29) is 5.56 Å². The third-order valence-corrected chi connectivity index (χ3v) is 4.94. The van der Waals surface area contributed by atoms with Crippen LogP contribution in [0.5, 0.6) is 0 Å². The van der Waals surface area contributed by atoms with E-state index in [4.69, 9.17) is 0 Å². The van der Waals surface area contributed by atoms with E-state index >= 15 is 0 Å². The molecule has 3 rings (SSSR count). The molecule has 4 heteroatoms. The van der Waals surface area contributed by atoms with E-state index in [1.807, 2.05) is 24.3 Å². The van der Waals surface area contributed by atoms with Crippen LogP contribution in [0.3, 0.4) is 0 Å². The molecule has 0 spiro atoms. The molecule has 1 N–H and O–H groups in total. The minimum atomic E-state index is -0.526. The molecule has 0 aliphatic rings.